The summed E-state index contributed by atoms with van der Waals surface area (Å²) < 4.78 is 1.58. The molecule has 0 amide bonds. The summed E-state index contributed by atoms with van der Waals surface area (Å²) >= 11 is 0. The fourth-order valence-corrected chi connectivity index (χ4v) is 2.44. The third-order valence-electron chi connectivity index (χ3n) is 3.41. The van der Waals surface area contributed by atoms with Gasteiger partial charge in [-0.05, 0) is 27.4 Å². The van der Waals surface area contributed by atoms with Crippen molar-refractivity contribution in [3.05, 3.63) is 27.7 Å². The predicted octanol–water partition coefficient (Wildman–Crippen LogP) is 1.74. The second kappa shape index (κ2) is 7.26. The number of carboxylic acid groups (broad SMARTS) is 1. The Labute approximate surface area is 124 Å². The maximum absolute atomic E-state index is 11.8. The monoisotopic (exact) mass is 296 g/mol. The molecule has 0 saturated heterocycles. The molecule has 118 valence electrons. The summed E-state index contributed by atoms with van der Waals surface area (Å²) in [6, 6.07) is 0.516. The molecule has 1 atom stereocenters. The number of hydrogen-bond donors (Lipinski definition) is 2. The van der Waals surface area contributed by atoms with Crippen LogP contribution in [0.1, 0.15) is 43.6 Å². The molecule has 0 aliphatic rings. The van der Waals surface area contributed by atoms with Gasteiger partial charge in [-0.2, -0.15) is 0 Å². The van der Waals surface area contributed by atoms with Gasteiger partial charge in [0.25, 0.3) is 0 Å². The molecule has 6 nitrogen and oxygen atoms in total. The third-order valence-corrected chi connectivity index (χ3v) is 3.41. The van der Waals surface area contributed by atoms with E-state index in [1.807, 2.05) is 6.92 Å². The molecule has 0 radical (unpaired) electrons. The minimum atomic E-state index is -0.949. The van der Waals surface area contributed by atoms with Crippen LogP contribution in [-0.2, 0) is 11.3 Å². The van der Waals surface area contributed by atoms with Gasteiger partial charge in [0.1, 0.15) is 6.04 Å². The van der Waals surface area contributed by atoms with E-state index in [1.54, 1.807) is 30.5 Å². The molecule has 1 unspecified atom stereocenters. The molecular formula is C15H24N2O4. The number of hydrogen-bond acceptors (Lipinski definition) is 4. The van der Waals surface area contributed by atoms with Crippen molar-refractivity contribution in [1.29, 1.82) is 0 Å². The Balaban J connectivity index is 3.46. The Hall–Kier alpha value is -1.82. The van der Waals surface area contributed by atoms with Crippen molar-refractivity contribution in [2.24, 2.45) is 0 Å². The molecule has 0 aliphatic heterocycles. The fraction of sp³-hybridized carbons (Fsp3) is 0.600. The van der Waals surface area contributed by atoms with E-state index < -0.39 is 17.4 Å². The van der Waals surface area contributed by atoms with E-state index >= 15 is 0 Å². The molecule has 0 spiro atoms. The number of carboxylic acids is 1. The number of carbonyl (C=O) groups is 1. The molecule has 21 heavy (non-hydrogen) atoms. The van der Waals surface area contributed by atoms with E-state index in [2.05, 4.69) is 0 Å². The van der Waals surface area contributed by atoms with E-state index in [0.29, 0.717) is 24.4 Å². The maximum atomic E-state index is 11.8. The first-order valence-electron chi connectivity index (χ1n) is 7.11. The summed E-state index contributed by atoms with van der Waals surface area (Å²) in [6.07, 6.45) is 2.12. The van der Waals surface area contributed by atoms with Crippen LogP contribution in [0.15, 0.2) is 10.9 Å². The van der Waals surface area contributed by atoms with Crippen molar-refractivity contribution in [3.63, 3.8) is 0 Å². The van der Waals surface area contributed by atoms with Gasteiger partial charge in [-0.25, -0.2) is 4.79 Å². The topological polar surface area (TPSA) is 82.8 Å². The minimum absolute atomic E-state index is 0.304. The van der Waals surface area contributed by atoms with E-state index in [1.165, 1.54) is 6.07 Å². The number of aliphatic carboxylic acids is 1. The summed E-state index contributed by atoms with van der Waals surface area (Å²) in [5.74, 6) is -1.31. The highest BCUT2D eigenvalue weighted by molar-refractivity contribution is 5.72. The first kappa shape index (κ1) is 17.2. The summed E-state index contributed by atoms with van der Waals surface area (Å²) in [7, 11) is 3.61. The lowest BCUT2D eigenvalue weighted by molar-refractivity contribution is -0.141. The van der Waals surface area contributed by atoms with Crippen LogP contribution < -0.4 is 5.43 Å². The lowest BCUT2D eigenvalue weighted by Gasteiger charge is -2.25. The molecule has 0 aromatic carbocycles. The van der Waals surface area contributed by atoms with Gasteiger partial charge in [0.05, 0.1) is 5.69 Å². The van der Waals surface area contributed by atoms with Crippen molar-refractivity contribution in [2.45, 2.75) is 45.7 Å². The second-order valence-corrected chi connectivity index (χ2v) is 5.55. The van der Waals surface area contributed by atoms with Crippen molar-refractivity contribution < 1.29 is 15.0 Å². The smallest absolute Gasteiger partial charge is 0.326 e. The Morgan fingerprint density at radius 3 is 2.52 bits per heavy atom. The fourth-order valence-electron chi connectivity index (χ4n) is 2.44. The largest absolute Gasteiger partial charge is 0.503 e. The normalized spacial score (nSPS) is 12.6. The Kier molecular flexibility index (Phi) is 5.96. The van der Waals surface area contributed by atoms with Gasteiger partial charge >= 0.3 is 5.97 Å². The van der Waals surface area contributed by atoms with Crippen LogP contribution >= 0.6 is 0 Å². The standard InChI is InChI=1S/C15H24N2O4/c1-5-6-7-11(15(20)21)17-10(2)8-13(18)14(19)12(17)9-16(3)4/h8,11,19H,5-7,9H2,1-4H3,(H,20,21). The maximum Gasteiger partial charge on any atom is 0.326 e. The number of pyridine rings is 1. The van der Waals surface area contributed by atoms with Crippen LogP contribution in [0.25, 0.3) is 0 Å². The van der Waals surface area contributed by atoms with E-state index in [9.17, 15) is 19.8 Å². The van der Waals surface area contributed by atoms with Gasteiger partial charge in [-0.3, -0.25) is 4.79 Å². The molecule has 1 heterocycles. The molecule has 1 rings (SSSR count). The average Bonchev–Trinajstić information content (AvgIpc) is 2.38. The van der Waals surface area contributed by atoms with Gasteiger partial charge in [0.2, 0.25) is 5.43 Å². The quantitative estimate of drug-likeness (QED) is 0.801. The molecule has 1 aromatic heterocycles. The zero-order valence-electron chi connectivity index (χ0n) is 13.1. The third kappa shape index (κ3) is 4.07. The molecule has 0 bridgehead atoms. The van der Waals surface area contributed by atoms with Crippen molar-refractivity contribution in [3.8, 4) is 5.75 Å². The number of rotatable bonds is 7. The molecular weight excluding hydrogens is 272 g/mol. The molecule has 1 aromatic rings. The number of nitrogens with zero attached hydrogens (tertiary/aromatic N) is 2. The molecule has 2 N–H and O–H groups in total. The molecule has 0 saturated carbocycles. The molecule has 0 aliphatic carbocycles. The Morgan fingerprint density at radius 1 is 1.43 bits per heavy atom. The van der Waals surface area contributed by atoms with Crippen molar-refractivity contribution in [2.75, 3.05) is 14.1 Å². The highest BCUT2D eigenvalue weighted by atomic mass is 16.4. The van der Waals surface area contributed by atoms with Gasteiger partial charge in [-0.15, -0.1) is 0 Å². The number of unbranched alkanes of at least 4 members (excludes halogenated alkanes) is 1. The number of aromatic hydroxyl groups is 1. The zero-order chi connectivity index (χ0) is 16.2. The average molecular weight is 296 g/mol. The Bertz CT molecular complexity index is 564. The highest BCUT2D eigenvalue weighted by Crippen LogP contribution is 2.24. The number of aryl methyl sites for hydroxylation is 1. The first-order chi connectivity index (χ1) is 9.79. The summed E-state index contributed by atoms with van der Waals surface area (Å²) in [5.41, 5.74) is 0.437. The molecule has 0 fully saturated rings. The lowest BCUT2D eigenvalue weighted by atomic mass is 10.1. The molecule has 6 heteroatoms. The predicted molar refractivity (Wildman–Crippen MR) is 80.7 cm³/mol. The summed E-state index contributed by atoms with van der Waals surface area (Å²) in [6.45, 7) is 4.00. The minimum Gasteiger partial charge on any atom is -0.503 e. The van der Waals surface area contributed by atoms with Crippen molar-refractivity contribution in [1.82, 2.24) is 9.47 Å². The summed E-state index contributed by atoms with van der Waals surface area (Å²) in [4.78, 5) is 25.2. The van der Waals surface area contributed by atoms with E-state index in [0.717, 1.165) is 12.8 Å². The van der Waals surface area contributed by atoms with Gasteiger partial charge < -0.3 is 19.7 Å². The SMILES string of the molecule is CCCCC(C(=O)O)n1c(C)cc(=O)c(O)c1CN(C)C. The zero-order valence-corrected chi connectivity index (χ0v) is 13.1. The number of aromatic nitrogens is 1. The van der Waals surface area contributed by atoms with Crippen LogP contribution in [-0.4, -0.2) is 39.7 Å². The van der Waals surface area contributed by atoms with Crippen molar-refractivity contribution >= 4 is 5.97 Å². The van der Waals surface area contributed by atoms with Crippen LogP contribution in [0.2, 0.25) is 0 Å². The van der Waals surface area contributed by atoms with Gasteiger partial charge in [0.15, 0.2) is 5.75 Å². The summed E-state index contributed by atoms with van der Waals surface area (Å²) in [5, 5.41) is 19.6. The van der Waals surface area contributed by atoms with E-state index in [4.69, 9.17) is 0 Å². The van der Waals surface area contributed by atoms with Gasteiger partial charge in [0, 0.05) is 18.3 Å². The first-order valence-corrected chi connectivity index (χ1v) is 7.11. The Morgan fingerprint density at radius 2 is 2.05 bits per heavy atom. The second-order valence-electron chi connectivity index (χ2n) is 5.55. The van der Waals surface area contributed by atoms with Crippen LogP contribution in [0, 0.1) is 6.92 Å². The van der Waals surface area contributed by atoms with Crippen LogP contribution in [0.4, 0.5) is 0 Å². The van der Waals surface area contributed by atoms with Crippen LogP contribution in [0.5, 0.6) is 5.75 Å². The van der Waals surface area contributed by atoms with E-state index in [-0.39, 0.29) is 5.75 Å². The highest BCUT2D eigenvalue weighted by Gasteiger charge is 2.25. The van der Waals surface area contributed by atoms with Gasteiger partial charge in [-0.1, -0.05) is 19.8 Å². The lowest BCUT2D eigenvalue weighted by Crippen LogP contribution is -2.28. The van der Waals surface area contributed by atoms with Crippen LogP contribution in [0.3, 0.4) is 0 Å².